The van der Waals surface area contributed by atoms with Crippen LogP contribution in [0.1, 0.15) is 26.3 Å². The van der Waals surface area contributed by atoms with Crippen LogP contribution < -0.4 is 5.32 Å². The van der Waals surface area contributed by atoms with Crippen LogP contribution >= 0.6 is 0 Å². The number of benzene rings is 1. The van der Waals surface area contributed by atoms with Crippen LogP contribution in [0.3, 0.4) is 0 Å². The smallest absolute Gasteiger partial charge is 0.325 e. The number of rotatable bonds is 4. The highest BCUT2D eigenvalue weighted by molar-refractivity contribution is 7.89. The van der Waals surface area contributed by atoms with Gasteiger partial charge >= 0.3 is 6.03 Å². The number of amides is 3. The van der Waals surface area contributed by atoms with E-state index in [1.165, 1.54) is 20.2 Å². The van der Waals surface area contributed by atoms with Gasteiger partial charge in [0.15, 0.2) is 0 Å². The minimum absolute atomic E-state index is 0.0828. The minimum atomic E-state index is -3.66. The summed E-state index contributed by atoms with van der Waals surface area (Å²) < 4.78 is 26.0. The van der Waals surface area contributed by atoms with Gasteiger partial charge in [0.1, 0.15) is 6.04 Å². The molecule has 1 aromatic rings. The number of hydrogen-bond donors (Lipinski definition) is 1. The molecule has 0 unspecified atom stereocenters. The molecule has 0 aliphatic carbocycles. The highest BCUT2D eigenvalue weighted by Gasteiger charge is 2.44. The van der Waals surface area contributed by atoms with E-state index in [0.717, 1.165) is 9.21 Å². The summed E-state index contributed by atoms with van der Waals surface area (Å²) in [6, 6.07) is 5.26. The van der Waals surface area contributed by atoms with Crippen LogP contribution in [0, 0.1) is 5.41 Å². The van der Waals surface area contributed by atoms with E-state index in [9.17, 15) is 18.0 Å². The third-order valence-electron chi connectivity index (χ3n) is 3.95. The topological polar surface area (TPSA) is 86.8 Å². The lowest BCUT2D eigenvalue weighted by molar-refractivity contribution is -0.129. The van der Waals surface area contributed by atoms with Gasteiger partial charge in [-0.1, -0.05) is 39.0 Å². The first-order valence-electron chi connectivity index (χ1n) is 7.58. The summed E-state index contributed by atoms with van der Waals surface area (Å²) in [6.07, 6.45) is 0. The standard InChI is InChI=1S/C16H23N3O4S/c1-16(2,3)13-14(20)19(15(21)17-13)10-11-8-6-7-9-12(11)24(22,23)18(4)5/h6-9,13H,10H2,1-5H3,(H,17,21)/t13-/m1/s1. The van der Waals surface area contributed by atoms with Gasteiger partial charge in [0.2, 0.25) is 10.0 Å². The summed E-state index contributed by atoms with van der Waals surface area (Å²) >= 11 is 0. The molecule has 3 amide bonds. The van der Waals surface area contributed by atoms with Gasteiger partial charge in [-0.05, 0) is 17.0 Å². The van der Waals surface area contributed by atoms with E-state index in [-0.39, 0.29) is 17.3 Å². The second kappa shape index (κ2) is 6.18. The molecule has 1 atom stereocenters. The van der Waals surface area contributed by atoms with Crippen LogP contribution in [0.5, 0.6) is 0 Å². The second-order valence-electron chi connectivity index (χ2n) is 7.07. The monoisotopic (exact) mass is 353 g/mol. The van der Waals surface area contributed by atoms with E-state index in [4.69, 9.17) is 0 Å². The SMILES string of the molecule is CN(C)S(=O)(=O)c1ccccc1CN1C(=O)N[C@@H](C(C)(C)C)C1=O. The van der Waals surface area contributed by atoms with Crippen molar-refractivity contribution in [3.05, 3.63) is 29.8 Å². The molecular weight excluding hydrogens is 330 g/mol. The number of sulfonamides is 1. The van der Waals surface area contributed by atoms with Gasteiger partial charge in [0, 0.05) is 14.1 Å². The maximum Gasteiger partial charge on any atom is 0.325 e. The van der Waals surface area contributed by atoms with E-state index in [1.807, 2.05) is 20.8 Å². The Balaban J connectivity index is 2.37. The maximum atomic E-state index is 12.5. The first-order valence-corrected chi connectivity index (χ1v) is 9.02. The Morgan fingerprint density at radius 3 is 2.25 bits per heavy atom. The number of hydrogen-bond acceptors (Lipinski definition) is 4. The van der Waals surface area contributed by atoms with E-state index >= 15 is 0 Å². The molecule has 1 heterocycles. The zero-order valence-corrected chi connectivity index (χ0v) is 15.3. The van der Waals surface area contributed by atoms with Gasteiger partial charge in [-0.25, -0.2) is 17.5 Å². The molecule has 1 N–H and O–H groups in total. The largest absolute Gasteiger partial charge is 0.325 e. The highest BCUT2D eigenvalue weighted by atomic mass is 32.2. The number of imide groups is 1. The lowest BCUT2D eigenvalue weighted by Gasteiger charge is -2.24. The minimum Gasteiger partial charge on any atom is -0.325 e. The van der Waals surface area contributed by atoms with Crippen molar-refractivity contribution in [2.45, 2.75) is 38.3 Å². The number of nitrogens with zero attached hydrogens (tertiary/aromatic N) is 2. The van der Waals surface area contributed by atoms with Crippen molar-refractivity contribution in [3.8, 4) is 0 Å². The van der Waals surface area contributed by atoms with Crippen molar-refractivity contribution in [3.63, 3.8) is 0 Å². The van der Waals surface area contributed by atoms with Gasteiger partial charge in [-0.15, -0.1) is 0 Å². The number of carbonyl (C=O) groups is 2. The fourth-order valence-corrected chi connectivity index (χ4v) is 3.62. The molecule has 0 spiro atoms. The van der Waals surface area contributed by atoms with Crippen molar-refractivity contribution >= 4 is 22.0 Å². The van der Waals surface area contributed by atoms with Crippen molar-refractivity contribution in [1.29, 1.82) is 0 Å². The van der Waals surface area contributed by atoms with Crippen molar-refractivity contribution in [1.82, 2.24) is 14.5 Å². The molecule has 2 rings (SSSR count). The fourth-order valence-electron chi connectivity index (χ4n) is 2.51. The van der Waals surface area contributed by atoms with Crippen LogP contribution in [0.4, 0.5) is 4.79 Å². The van der Waals surface area contributed by atoms with Gasteiger partial charge < -0.3 is 5.32 Å². The first kappa shape index (κ1) is 18.4. The summed E-state index contributed by atoms with van der Waals surface area (Å²) in [4.78, 5) is 25.9. The first-order chi connectivity index (χ1) is 11.0. The summed E-state index contributed by atoms with van der Waals surface area (Å²) in [7, 11) is -0.783. The molecule has 132 valence electrons. The molecule has 1 aromatic carbocycles. The predicted octanol–water partition coefficient (Wildman–Crippen LogP) is 1.40. The fraction of sp³-hybridized carbons (Fsp3) is 0.500. The molecule has 0 bridgehead atoms. The molecule has 0 radical (unpaired) electrons. The summed E-state index contributed by atoms with van der Waals surface area (Å²) in [5.74, 6) is -0.343. The molecule has 0 saturated carbocycles. The van der Waals surface area contributed by atoms with Crippen LogP contribution in [0.25, 0.3) is 0 Å². The number of urea groups is 1. The molecule has 7 nitrogen and oxygen atoms in total. The number of carbonyl (C=O) groups excluding carboxylic acids is 2. The summed E-state index contributed by atoms with van der Waals surface area (Å²) in [5, 5.41) is 2.67. The van der Waals surface area contributed by atoms with E-state index in [1.54, 1.807) is 18.2 Å². The van der Waals surface area contributed by atoms with Gasteiger partial charge in [-0.3, -0.25) is 9.69 Å². The van der Waals surface area contributed by atoms with Crippen LogP contribution in [0.15, 0.2) is 29.2 Å². The number of nitrogens with one attached hydrogen (secondary N) is 1. The van der Waals surface area contributed by atoms with Crippen LogP contribution in [-0.4, -0.2) is 49.7 Å². The Morgan fingerprint density at radius 1 is 1.17 bits per heavy atom. The summed E-state index contributed by atoms with van der Waals surface area (Å²) in [6.45, 7) is 5.51. The molecule has 1 aliphatic heterocycles. The van der Waals surface area contributed by atoms with Crippen LogP contribution in [-0.2, 0) is 21.4 Å². The molecule has 8 heteroatoms. The molecule has 24 heavy (non-hydrogen) atoms. The average Bonchev–Trinajstić information content (AvgIpc) is 2.75. The Bertz CT molecular complexity index is 766. The molecule has 1 saturated heterocycles. The van der Waals surface area contributed by atoms with Gasteiger partial charge in [0.05, 0.1) is 11.4 Å². The normalized spacial score (nSPS) is 19.1. The van der Waals surface area contributed by atoms with Gasteiger partial charge in [-0.2, -0.15) is 0 Å². The lowest BCUT2D eigenvalue weighted by atomic mass is 9.87. The molecule has 1 fully saturated rings. The Kier molecular flexibility index (Phi) is 4.74. The molecule has 1 aliphatic rings. The van der Waals surface area contributed by atoms with Crippen molar-refractivity contribution in [2.24, 2.45) is 5.41 Å². The Labute approximate surface area is 142 Å². The third kappa shape index (κ3) is 3.29. The molecular formula is C16H23N3O4S. The Morgan fingerprint density at radius 2 is 1.75 bits per heavy atom. The maximum absolute atomic E-state index is 12.5. The van der Waals surface area contributed by atoms with E-state index in [2.05, 4.69) is 5.32 Å². The Hall–Kier alpha value is -1.93. The molecule has 0 aromatic heterocycles. The quantitative estimate of drug-likeness (QED) is 0.829. The zero-order valence-electron chi connectivity index (χ0n) is 14.5. The lowest BCUT2D eigenvalue weighted by Crippen LogP contribution is -2.41. The summed E-state index contributed by atoms with van der Waals surface area (Å²) in [5.41, 5.74) is -0.0132. The van der Waals surface area contributed by atoms with Crippen LogP contribution in [0.2, 0.25) is 0 Å². The second-order valence-corrected chi connectivity index (χ2v) is 9.19. The van der Waals surface area contributed by atoms with Crippen molar-refractivity contribution in [2.75, 3.05) is 14.1 Å². The van der Waals surface area contributed by atoms with E-state index in [0.29, 0.717) is 5.56 Å². The highest BCUT2D eigenvalue weighted by Crippen LogP contribution is 2.27. The van der Waals surface area contributed by atoms with Crippen molar-refractivity contribution < 1.29 is 18.0 Å². The van der Waals surface area contributed by atoms with E-state index < -0.39 is 27.5 Å². The average molecular weight is 353 g/mol. The predicted molar refractivity (Wildman–Crippen MR) is 89.6 cm³/mol. The zero-order chi connectivity index (χ0) is 18.3. The third-order valence-corrected chi connectivity index (χ3v) is 5.87. The van der Waals surface area contributed by atoms with Gasteiger partial charge in [0.25, 0.3) is 5.91 Å².